The van der Waals surface area contributed by atoms with Gasteiger partial charge in [-0.1, -0.05) is 6.07 Å². The van der Waals surface area contributed by atoms with Crippen LogP contribution in [0.25, 0.3) is 0 Å². The molecular weight excluding hydrogens is 272 g/mol. The summed E-state index contributed by atoms with van der Waals surface area (Å²) in [4.78, 5) is 6.07. The van der Waals surface area contributed by atoms with E-state index in [2.05, 4.69) is 10.3 Å². The van der Waals surface area contributed by atoms with Crippen LogP contribution in [0.2, 0.25) is 0 Å². The standard InChI is InChI=1S/C15H18N2O2S/c1-18-11-3-2-4-12(9-11)19-8-6-15-17-13-5-7-16-10-14(13)20-15/h2-4,9,16H,5-8,10H2,1H3. The third-order valence-corrected chi connectivity index (χ3v) is 4.43. The molecule has 5 heteroatoms. The zero-order valence-corrected chi connectivity index (χ0v) is 12.3. The van der Waals surface area contributed by atoms with Crippen LogP contribution in [0.4, 0.5) is 0 Å². The third kappa shape index (κ3) is 3.11. The fourth-order valence-corrected chi connectivity index (χ4v) is 3.30. The van der Waals surface area contributed by atoms with Gasteiger partial charge in [-0.15, -0.1) is 11.3 Å². The molecule has 1 aliphatic rings. The summed E-state index contributed by atoms with van der Waals surface area (Å²) in [5, 5.41) is 4.54. The van der Waals surface area contributed by atoms with E-state index >= 15 is 0 Å². The lowest BCUT2D eigenvalue weighted by atomic mass is 10.2. The smallest absolute Gasteiger partial charge is 0.123 e. The van der Waals surface area contributed by atoms with Crippen LogP contribution in [0, 0.1) is 0 Å². The second-order valence-corrected chi connectivity index (χ2v) is 5.85. The Labute approximate surface area is 122 Å². The number of ether oxygens (including phenoxy) is 2. The summed E-state index contributed by atoms with van der Waals surface area (Å²) in [5.41, 5.74) is 1.27. The van der Waals surface area contributed by atoms with E-state index in [-0.39, 0.29) is 0 Å². The average Bonchev–Trinajstić information content (AvgIpc) is 2.90. The maximum atomic E-state index is 5.76. The Morgan fingerprint density at radius 3 is 3.10 bits per heavy atom. The molecule has 2 aromatic rings. The first-order valence-electron chi connectivity index (χ1n) is 6.80. The normalized spacial score (nSPS) is 13.8. The van der Waals surface area contributed by atoms with Crippen LogP contribution in [0.15, 0.2) is 24.3 Å². The van der Waals surface area contributed by atoms with Gasteiger partial charge in [0.05, 0.1) is 24.4 Å². The minimum Gasteiger partial charge on any atom is -0.497 e. The quantitative estimate of drug-likeness (QED) is 0.918. The maximum absolute atomic E-state index is 5.76. The average molecular weight is 290 g/mol. The lowest BCUT2D eigenvalue weighted by Gasteiger charge is -2.09. The molecule has 0 saturated carbocycles. The molecule has 1 aliphatic heterocycles. The summed E-state index contributed by atoms with van der Waals surface area (Å²) in [6.07, 6.45) is 1.90. The molecule has 0 spiro atoms. The van der Waals surface area contributed by atoms with Crippen molar-refractivity contribution in [2.75, 3.05) is 20.3 Å². The molecule has 106 valence electrons. The lowest BCUT2D eigenvalue weighted by molar-refractivity contribution is 0.318. The van der Waals surface area contributed by atoms with E-state index in [0.717, 1.165) is 37.4 Å². The van der Waals surface area contributed by atoms with E-state index in [1.807, 2.05) is 24.3 Å². The molecule has 0 amide bonds. The Morgan fingerprint density at radius 2 is 2.25 bits per heavy atom. The Bertz CT molecular complexity index is 560. The SMILES string of the molecule is COc1cccc(OCCc2nc3c(s2)CNCC3)c1. The molecule has 0 fully saturated rings. The molecule has 2 heterocycles. The fraction of sp³-hybridized carbons (Fsp3) is 0.400. The minimum atomic E-state index is 0.646. The highest BCUT2D eigenvalue weighted by Crippen LogP contribution is 2.23. The molecule has 3 rings (SSSR count). The molecule has 0 bridgehead atoms. The molecular formula is C15H18N2O2S. The van der Waals surface area contributed by atoms with Crippen molar-refractivity contribution in [1.82, 2.24) is 10.3 Å². The van der Waals surface area contributed by atoms with Crippen LogP contribution in [0.3, 0.4) is 0 Å². The van der Waals surface area contributed by atoms with E-state index in [1.165, 1.54) is 15.6 Å². The number of methoxy groups -OCH3 is 1. The van der Waals surface area contributed by atoms with Crippen LogP contribution < -0.4 is 14.8 Å². The monoisotopic (exact) mass is 290 g/mol. The summed E-state index contributed by atoms with van der Waals surface area (Å²) in [7, 11) is 1.66. The number of thiazole rings is 1. The molecule has 1 N–H and O–H groups in total. The lowest BCUT2D eigenvalue weighted by Crippen LogP contribution is -2.22. The van der Waals surface area contributed by atoms with Gasteiger partial charge in [-0.2, -0.15) is 0 Å². The molecule has 0 aliphatic carbocycles. The van der Waals surface area contributed by atoms with Crippen molar-refractivity contribution in [3.8, 4) is 11.5 Å². The van der Waals surface area contributed by atoms with Crippen molar-refractivity contribution in [3.05, 3.63) is 39.8 Å². The second-order valence-electron chi connectivity index (χ2n) is 4.68. The summed E-state index contributed by atoms with van der Waals surface area (Å²) < 4.78 is 10.9. The highest BCUT2D eigenvalue weighted by Gasteiger charge is 2.14. The van der Waals surface area contributed by atoms with Crippen molar-refractivity contribution < 1.29 is 9.47 Å². The largest absolute Gasteiger partial charge is 0.497 e. The zero-order chi connectivity index (χ0) is 13.8. The van der Waals surface area contributed by atoms with E-state index < -0.39 is 0 Å². The predicted octanol–water partition coefficient (Wildman–Crippen LogP) is 2.42. The highest BCUT2D eigenvalue weighted by molar-refractivity contribution is 7.11. The first kappa shape index (κ1) is 13.4. The highest BCUT2D eigenvalue weighted by atomic mass is 32.1. The number of nitrogens with one attached hydrogen (secondary N) is 1. The molecule has 4 nitrogen and oxygen atoms in total. The van der Waals surface area contributed by atoms with Gasteiger partial charge in [0, 0.05) is 36.9 Å². The number of nitrogens with zero attached hydrogens (tertiary/aromatic N) is 1. The number of rotatable bonds is 5. The van der Waals surface area contributed by atoms with Crippen LogP contribution in [0.5, 0.6) is 11.5 Å². The Hall–Kier alpha value is -1.59. The molecule has 0 unspecified atom stereocenters. The predicted molar refractivity (Wildman–Crippen MR) is 79.7 cm³/mol. The Kier molecular flexibility index (Phi) is 4.18. The van der Waals surface area contributed by atoms with Gasteiger partial charge in [0.2, 0.25) is 0 Å². The molecule has 0 atom stereocenters. The molecule has 1 aromatic heterocycles. The van der Waals surface area contributed by atoms with Crippen molar-refractivity contribution >= 4 is 11.3 Å². The van der Waals surface area contributed by atoms with Crippen molar-refractivity contribution in [3.63, 3.8) is 0 Å². The van der Waals surface area contributed by atoms with Crippen LogP contribution in [-0.4, -0.2) is 25.2 Å². The van der Waals surface area contributed by atoms with Crippen LogP contribution in [-0.2, 0) is 19.4 Å². The molecule has 20 heavy (non-hydrogen) atoms. The van der Waals surface area contributed by atoms with E-state index in [1.54, 1.807) is 18.4 Å². The van der Waals surface area contributed by atoms with E-state index in [4.69, 9.17) is 9.47 Å². The van der Waals surface area contributed by atoms with Crippen LogP contribution in [0.1, 0.15) is 15.6 Å². The van der Waals surface area contributed by atoms with Crippen LogP contribution >= 0.6 is 11.3 Å². The van der Waals surface area contributed by atoms with Gasteiger partial charge < -0.3 is 14.8 Å². The van der Waals surface area contributed by atoms with Crippen molar-refractivity contribution in [2.24, 2.45) is 0 Å². The maximum Gasteiger partial charge on any atom is 0.123 e. The van der Waals surface area contributed by atoms with Gasteiger partial charge in [-0.05, 0) is 12.1 Å². The van der Waals surface area contributed by atoms with Crippen molar-refractivity contribution in [1.29, 1.82) is 0 Å². The Morgan fingerprint density at radius 1 is 1.35 bits per heavy atom. The summed E-state index contributed by atoms with van der Waals surface area (Å²) >= 11 is 1.80. The molecule has 1 aromatic carbocycles. The van der Waals surface area contributed by atoms with Gasteiger partial charge in [0.15, 0.2) is 0 Å². The van der Waals surface area contributed by atoms with Gasteiger partial charge in [-0.3, -0.25) is 0 Å². The van der Waals surface area contributed by atoms with E-state index in [9.17, 15) is 0 Å². The number of hydrogen-bond acceptors (Lipinski definition) is 5. The zero-order valence-electron chi connectivity index (χ0n) is 11.5. The Balaban J connectivity index is 1.55. The van der Waals surface area contributed by atoms with Gasteiger partial charge in [0.25, 0.3) is 0 Å². The fourth-order valence-electron chi connectivity index (χ4n) is 2.23. The van der Waals surface area contributed by atoms with Gasteiger partial charge in [0.1, 0.15) is 11.5 Å². The molecule has 0 radical (unpaired) electrons. The van der Waals surface area contributed by atoms with E-state index in [0.29, 0.717) is 6.61 Å². The summed E-state index contributed by atoms with van der Waals surface area (Å²) in [5.74, 6) is 1.66. The topological polar surface area (TPSA) is 43.4 Å². The summed E-state index contributed by atoms with van der Waals surface area (Å²) in [6, 6.07) is 7.69. The van der Waals surface area contributed by atoms with Gasteiger partial charge in [-0.25, -0.2) is 4.98 Å². The second kappa shape index (κ2) is 6.24. The first-order chi connectivity index (χ1) is 9.85. The van der Waals surface area contributed by atoms with Gasteiger partial charge >= 0.3 is 0 Å². The first-order valence-corrected chi connectivity index (χ1v) is 7.62. The number of fused-ring (bicyclic) bond motifs is 1. The summed E-state index contributed by atoms with van der Waals surface area (Å²) in [6.45, 7) is 2.65. The number of aromatic nitrogens is 1. The molecule has 0 saturated heterocycles. The number of benzene rings is 1. The van der Waals surface area contributed by atoms with Crippen molar-refractivity contribution in [2.45, 2.75) is 19.4 Å². The number of hydrogen-bond donors (Lipinski definition) is 1. The third-order valence-electron chi connectivity index (χ3n) is 3.27. The minimum absolute atomic E-state index is 0.646.